The van der Waals surface area contributed by atoms with Crippen LogP contribution in [0.4, 0.5) is 11.4 Å². The Morgan fingerprint density at radius 2 is 1.93 bits per heavy atom. The quantitative estimate of drug-likeness (QED) is 0.558. The molecule has 1 heterocycles. The van der Waals surface area contributed by atoms with Crippen LogP contribution in [0.2, 0.25) is 0 Å². The molecule has 160 valence electrons. The maximum atomic E-state index is 12.5. The van der Waals surface area contributed by atoms with Crippen LogP contribution in [0.3, 0.4) is 0 Å². The Kier molecular flexibility index (Phi) is 6.06. The fourth-order valence-corrected chi connectivity index (χ4v) is 5.61. The Hall–Kier alpha value is -2.45. The molecule has 2 bridgehead atoms. The third-order valence-electron chi connectivity index (χ3n) is 5.82. The maximum absolute atomic E-state index is 12.5. The van der Waals surface area contributed by atoms with Gasteiger partial charge in [-0.2, -0.15) is 0 Å². The predicted octanol–water partition coefficient (Wildman–Crippen LogP) is 3.54. The van der Waals surface area contributed by atoms with Crippen LogP contribution in [0, 0.1) is 11.8 Å². The largest absolute Gasteiger partial charge is 0.379 e. The first kappa shape index (κ1) is 20.8. The highest BCUT2D eigenvalue weighted by Crippen LogP contribution is 2.42. The monoisotopic (exact) mass is 427 g/mol. The number of aromatic nitrogens is 2. The van der Waals surface area contributed by atoms with Crippen molar-refractivity contribution in [3.05, 3.63) is 54.1 Å². The fraction of sp³-hybridized carbons (Fsp3) is 0.455. The molecule has 4 rings (SSSR count). The highest BCUT2D eigenvalue weighted by Gasteiger charge is 2.33. The van der Waals surface area contributed by atoms with Gasteiger partial charge in [-0.05, 0) is 49.3 Å². The van der Waals surface area contributed by atoms with Gasteiger partial charge in [0.2, 0.25) is 10.0 Å². The molecule has 0 aliphatic heterocycles. The summed E-state index contributed by atoms with van der Waals surface area (Å²) in [6, 6.07) is 5.49. The van der Waals surface area contributed by atoms with E-state index in [4.69, 9.17) is 0 Å². The average molecular weight is 428 g/mol. The number of allylic oxidation sites excluding steroid dienone is 1. The molecule has 7 nitrogen and oxygen atoms in total. The van der Waals surface area contributed by atoms with Crippen LogP contribution in [0.15, 0.2) is 53.5 Å². The minimum atomic E-state index is -3.54. The van der Waals surface area contributed by atoms with Crippen molar-refractivity contribution in [1.82, 2.24) is 14.7 Å². The van der Waals surface area contributed by atoms with E-state index >= 15 is 0 Å². The number of benzene rings is 1. The molecule has 0 saturated heterocycles. The van der Waals surface area contributed by atoms with E-state index in [0.29, 0.717) is 19.0 Å². The van der Waals surface area contributed by atoms with Crippen LogP contribution in [0.1, 0.15) is 38.7 Å². The second-order valence-corrected chi connectivity index (χ2v) is 10.1. The van der Waals surface area contributed by atoms with E-state index in [1.807, 2.05) is 6.07 Å². The summed E-state index contributed by atoms with van der Waals surface area (Å²) in [5.41, 5.74) is 4.13. The summed E-state index contributed by atoms with van der Waals surface area (Å²) in [6.45, 7) is 4.95. The van der Waals surface area contributed by atoms with Gasteiger partial charge in [0.05, 0.1) is 16.3 Å². The lowest BCUT2D eigenvalue weighted by Crippen LogP contribution is -2.27. The van der Waals surface area contributed by atoms with Crippen LogP contribution < -0.4 is 15.4 Å². The smallest absolute Gasteiger partial charge is 0.240 e. The van der Waals surface area contributed by atoms with Crippen molar-refractivity contribution in [2.45, 2.75) is 50.6 Å². The highest BCUT2D eigenvalue weighted by molar-refractivity contribution is 7.89. The van der Waals surface area contributed by atoms with Gasteiger partial charge in [-0.3, -0.25) is 0 Å². The van der Waals surface area contributed by atoms with Crippen LogP contribution >= 0.6 is 0 Å². The van der Waals surface area contributed by atoms with Gasteiger partial charge in [-0.1, -0.05) is 25.5 Å². The van der Waals surface area contributed by atoms with E-state index in [1.54, 1.807) is 37.0 Å². The molecule has 1 aromatic heterocycles. The topological polar surface area (TPSA) is 96.0 Å². The third kappa shape index (κ3) is 4.65. The maximum Gasteiger partial charge on any atom is 0.240 e. The van der Waals surface area contributed by atoms with Gasteiger partial charge in [0.1, 0.15) is 6.33 Å². The van der Waals surface area contributed by atoms with Gasteiger partial charge < -0.3 is 10.6 Å². The number of sulfonamides is 1. The average Bonchev–Trinajstić information content (AvgIpc) is 3.01. The van der Waals surface area contributed by atoms with Crippen LogP contribution in [-0.4, -0.2) is 31.0 Å². The molecule has 3 unspecified atom stereocenters. The zero-order valence-corrected chi connectivity index (χ0v) is 18.2. The van der Waals surface area contributed by atoms with E-state index in [2.05, 4.69) is 38.3 Å². The summed E-state index contributed by atoms with van der Waals surface area (Å²) in [5.74, 6) is 1.33. The molecule has 2 aromatic rings. The van der Waals surface area contributed by atoms with Crippen molar-refractivity contribution >= 4 is 21.4 Å². The molecule has 3 N–H and O–H groups in total. The molecule has 1 aromatic carbocycles. The van der Waals surface area contributed by atoms with Crippen molar-refractivity contribution in [3.63, 3.8) is 0 Å². The predicted molar refractivity (Wildman–Crippen MR) is 119 cm³/mol. The lowest BCUT2D eigenvalue weighted by molar-refractivity contribution is 0.350. The summed E-state index contributed by atoms with van der Waals surface area (Å²) in [6.07, 6.45) is 10.9. The van der Waals surface area contributed by atoms with Crippen LogP contribution in [0.25, 0.3) is 0 Å². The van der Waals surface area contributed by atoms with E-state index in [1.165, 1.54) is 25.6 Å². The molecule has 2 aliphatic rings. The molecule has 3 atom stereocenters. The molecule has 8 heteroatoms. The van der Waals surface area contributed by atoms with Crippen molar-refractivity contribution in [3.8, 4) is 0 Å². The fourth-order valence-electron chi connectivity index (χ4n) is 4.54. The number of nitrogens with zero attached hydrogens (tertiary/aromatic N) is 2. The molecule has 0 amide bonds. The standard InChI is InChI=1S/C22H29N5O2S/c1-3-26-30(28,29)19-4-5-20(22(10-19)25-13-17-11-23-14-24-12-17)27-21-9-16-6-15(2)7-18(21)8-16/h4-5,9-12,14-15,18,21,25-27H,3,6-8,13H2,1-2H3. The Morgan fingerprint density at radius 3 is 2.70 bits per heavy atom. The molecule has 0 spiro atoms. The summed E-state index contributed by atoms with van der Waals surface area (Å²) in [5, 5.41) is 7.03. The minimum absolute atomic E-state index is 0.249. The second kappa shape index (κ2) is 8.73. The number of hydrogen-bond acceptors (Lipinski definition) is 6. The Bertz CT molecular complexity index is 1020. The molecule has 30 heavy (non-hydrogen) atoms. The number of nitrogens with one attached hydrogen (secondary N) is 3. The normalized spacial score (nSPS) is 23.1. The molecular weight excluding hydrogens is 398 g/mol. The Morgan fingerprint density at radius 1 is 1.13 bits per heavy atom. The molecule has 2 aliphatic carbocycles. The summed E-state index contributed by atoms with van der Waals surface area (Å²) >= 11 is 0. The van der Waals surface area contributed by atoms with Gasteiger partial charge >= 0.3 is 0 Å². The van der Waals surface area contributed by atoms with E-state index in [9.17, 15) is 8.42 Å². The lowest BCUT2D eigenvalue weighted by Gasteiger charge is -2.28. The Labute approximate surface area is 178 Å². The molecule has 0 radical (unpaired) electrons. The highest BCUT2D eigenvalue weighted by atomic mass is 32.2. The van der Waals surface area contributed by atoms with Crippen molar-refractivity contribution in [1.29, 1.82) is 0 Å². The number of fused-ring (bicyclic) bond motifs is 2. The lowest BCUT2D eigenvalue weighted by atomic mass is 9.82. The minimum Gasteiger partial charge on any atom is -0.379 e. The van der Waals surface area contributed by atoms with Gasteiger partial charge in [-0.15, -0.1) is 0 Å². The van der Waals surface area contributed by atoms with Crippen molar-refractivity contribution in [2.75, 3.05) is 17.2 Å². The third-order valence-corrected chi connectivity index (χ3v) is 7.36. The summed E-state index contributed by atoms with van der Waals surface area (Å²) in [7, 11) is -3.54. The van der Waals surface area contributed by atoms with E-state index < -0.39 is 10.0 Å². The van der Waals surface area contributed by atoms with E-state index in [-0.39, 0.29) is 10.9 Å². The first-order valence-electron chi connectivity index (χ1n) is 10.5. The molecule has 1 saturated carbocycles. The first-order valence-corrected chi connectivity index (χ1v) is 12.0. The number of hydrogen-bond donors (Lipinski definition) is 3. The van der Waals surface area contributed by atoms with Crippen molar-refractivity contribution in [2.24, 2.45) is 11.8 Å². The number of rotatable bonds is 8. The van der Waals surface area contributed by atoms with Gasteiger partial charge in [0.15, 0.2) is 0 Å². The SMILES string of the molecule is CCNS(=O)(=O)c1ccc(NC2C=C3CC(C)CC2C3)c(NCc2cncnc2)c1. The van der Waals surface area contributed by atoms with Gasteiger partial charge in [0.25, 0.3) is 0 Å². The van der Waals surface area contributed by atoms with Gasteiger partial charge in [0, 0.05) is 37.1 Å². The zero-order chi connectivity index (χ0) is 21.1. The Balaban J connectivity index is 1.60. The molecular formula is C22H29N5O2S. The van der Waals surface area contributed by atoms with E-state index in [0.717, 1.165) is 22.9 Å². The van der Waals surface area contributed by atoms with Crippen LogP contribution in [0.5, 0.6) is 0 Å². The summed E-state index contributed by atoms with van der Waals surface area (Å²) in [4.78, 5) is 8.34. The number of anilines is 2. The van der Waals surface area contributed by atoms with Crippen molar-refractivity contribution < 1.29 is 8.42 Å². The first-order chi connectivity index (χ1) is 14.4. The molecule has 1 fully saturated rings. The van der Waals surface area contributed by atoms with Crippen LogP contribution in [-0.2, 0) is 16.6 Å². The summed E-state index contributed by atoms with van der Waals surface area (Å²) < 4.78 is 27.6. The second-order valence-electron chi connectivity index (χ2n) is 8.31. The van der Waals surface area contributed by atoms with Gasteiger partial charge in [-0.25, -0.2) is 23.1 Å². The zero-order valence-electron chi connectivity index (χ0n) is 17.4.